The second-order valence-corrected chi connectivity index (χ2v) is 7.76. The molecule has 0 radical (unpaired) electrons. The third kappa shape index (κ3) is 5.07. The van der Waals surface area contributed by atoms with Crippen molar-refractivity contribution in [2.45, 2.75) is 31.6 Å². The number of carbonyl (C=O) groups excluding carboxylic acids is 2. The fraction of sp³-hybridized carbons (Fsp3) is 0.556. The van der Waals surface area contributed by atoms with Gasteiger partial charge in [-0.05, 0) is 18.6 Å². The van der Waals surface area contributed by atoms with Crippen LogP contribution < -0.4 is 9.47 Å². The molecule has 26 heavy (non-hydrogen) atoms. The van der Waals surface area contributed by atoms with Gasteiger partial charge in [0.25, 0.3) is 0 Å². The van der Waals surface area contributed by atoms with Gasteiger partial charge in [0.15, 0.2) is 11.5 Å². The van der Waals surface area contributed by atoms with Crippen molar-refractivity contribution in [1.29, 1.82) is 0 Å². The van der Waals surface area contributed by atoms with Crippen molar-refractivity contribution in [1.82, 2.24) is 4.90 Å². The number of hydrogen-bond acceptors (Lipinski definition) is 6. The Morgan fingerprint density at radius 1 is 1.27 bits per heavy atom. The molecule has 0 N–H and O–H groups in total. The minimum Gasteiger partial charge on any atom is -0.493 e. The molecule has 6 nitrogen and oxygen atoms in total. The lowest BCUT2D eigenvalue weighted by Crippen LogP contribution is -2.34. The maximum Gasteiger partial charge on any atom is 0.325 e. The first-order chi connectivity index (χ1) is 12.5. The van der Waals surface area contributed by atoms with Crippen LogP contribution in [0.4, 0.5) is 0 Å². The van der Waals surface area contributed by atoms with Crippen LogP contribution in [0.5, 0.6) is 11.5 Å². The number of methoxy groups -OCH3 is 2. The third-order valence-corrected chi connectivity index (χ3v) is 5.97. The number of benzene rings is 1. The first-order valence-electron chi connectivity index (χ1n) is 8.49. The van der Waals surface area contributed by atoms with Crippen molar-refractivity contribution in [3.8, 4) is 11.5 Å². The molecule has 0 spiro atoms. The quantitative estimate of drug-likeness (QED) is 0.425. The lowest BCUT2D eigenvalue weighted by molar-refractivity contribution is -0.148. The number of nitrogens with zero attached hydrogens (tertiary/aromatic N) is 1. The highest BCUT2D eigenvalue weighted by molar-refractivity contribution is 9.10. The van der Waals surface area contributed by atoms with E-state index < -0.39 is 0 Å². The molecule has 1 atom stereocenters. The lowest BCUT2D eigenvalue weighted by Gasteiger charge is -2.25. The van der Waals surface area contributed by atoms with Crippen molar-refractivity contribution in [2.75, 3.05) is 33.1 Å². The van der Waals surface area contributed by atoms with E-state index >= 15 is 0 Å². The highest BCUT2D eigenvalue weighted by Crippen LogP contribution is 2.45. The summed E-state index contributed by atoms with van der Waals surface area (Å²) in [6.45, 7) is 2.43. The Morgan fingerprint density at radius 2 is 1.96 bits per heavy atom. The van der Waals surface area contributed by atoms with Crippen LogP contribution >= 0.6 is 27.7 Å². The molecule has 1 amide bonds. The fourth-order valence-corrected chi connectivity index (χ4v) is 4.57. The second kappa shape index (κ2) is 10.1. The summed E-state index contributed by atoms with van der Waals surface area (Å²) in [5.41, 5.74) is 0.859. The van der Waals surface area contributed by atoms with Gasteiger partial charge in [0.1, 0.15) is 11.9 Å². The Labute approximate surface area is 166 Å². The van der Waals surface area contributed by atoms with Gasteiger partial charge in [0.2, 0.25) is 5.91 Å². The van der Waals surface area contributed by atoms with E-state index in [2.05, 4.69) is 22.9 Å². The number of unbranched alkanes of at least 4 members (excludes halogenated alkanes) is 2. The maximum absolute atomic E-state index is 12.3. The lowest BCUT2D eigenvalue weighted by atomic mass is 10.1. The number of esters is 1. The highest BCUT2D eigenvalue weighted by Gasteiger charge is 2.36. The smallest absolute Gasteiger partial charge is 0.325 e. The molecule has 1 saturated heterocycles. The molecule has 0 bridgehead atoms. The van der Waals surface area contributed by atoms with Gasteiger partial charge in [0, 0.05) is 10.0 Å². The molecule has 1 aromatic carbocycles. The summed E-state index contributed by atoms with van der Waals surface area (Å²) < 4.78 is 16.7. The minimum atomic E-state index is -0.376. The zero-order valence-corrected chi connectivity index (χ0v) is 17.7. The third-order valence-electron chi connectivity index (χ3n) is 4.05. The molecule has 144 valence electrons. The number of carbonyl (C=O) groups is 2. The van der Waals surface area contributed by atoms with E-state index in [0.29, 0.717) is 23.9 Å². The summed E-state index contributed by atoms with van der Waals surface area (Å²) in [5, 5.41) is -0.278. The Hall–Kier alpha value is -1.41. The molecule has 1 aromatic rings. The van der Waals surface area contributed by atoms with Crippen LogP contribution in [0.2, 0.25) is 0 Å². The molecular formula is C18H24BrNO5S. The van der Waals surface area contributed by atoms with E-state index in [-0.39, 0.29) is 23.8 Å². The number of amides is 1. The Bertz CT molecular complexity index is 655. The van der Waals surface area contributed by atoms with Gasteiger partial charge in [-0.2, -0.15) is 0 Å². The van der Waals surface area contributed by atoms with Gasteiger partial charge in [-0.1, -0.05) is 35.7 Å². The molecule has 1 aliphatic heterocycles. The van der Waals surface area contributed by atoms with E-state index in [9.17, 15) is 9.59 Å². The number of hydrogen-bond donors (Lipinski definition) is 0. The molecule has 1 unspecified atom stereocenters. The Morgan fingerprint density at radius 3 is 2.62 bits per heavy atom. The monoisotopic (exact) mass is 445 g/mol. The van der Waals surface area contributed by atoms with E-state index in [1.807, 2.05) is 6.07 Å². The van der Waals surface area contributed by atoms with Gasteiger partial charge in [0.05, 0.1) is 26.6 Å². The van der Waals surface area contributed by atoms with Crippen molar-refractivity contribution >= 4 is 39.6 Å². The number of rotatable bonds is 9. The van der Waals surface area contributed by atoms with Crippen molar-refractivity contribution in [3.05, 3.63) is 22.2 Å². The molecule has 0 aliphatic carbocycles. The summed E-state index contributed by atoms with van der Waals surface area (Å²) in [6, 6.07) is 3.64. The normalized spacial score (nSPS) is 16.7. The zero-order valence-electron chi connectivity index (χ0n) is 15.2. The minimum absolute atomic E-state index is 0.0522. The summed E-state index contributed by atoms with van der Waals surface area (Å²) in [5.74, 6) is 1.05. The zero-order chi connectivity index (χ0) is 19.1. The topological polar surface area (TPSA) is 65.1 Å². The maximum atomic E-state index is 12.3. The first-order valence-corrected chi connectivity index (χ1v) is 10.3. The molecule has 0 aromatic heterocycles. The summed E-state index contributed by atoms with van der Waals surface area (Å²) in [4.78, 5) is 26.0. The molecular weight excluding hydrogens is 422 g/mol. The molecule has 1 aliphatic rings. The number of thioether (sulfide) groups is 1. The second-order valence-electron chi connectivity index (χ2n) is 5.84. The fourth-order valence-electron chi connectivity index (χ4n) is 2.66. The van der Waals surface area contributed by atoms with Gasteiger partial charge >= 0.3 is 5.97 Å². The number of halogens is 1. The van der Waals surface area contributed by atoms with E-state index in [0.717, 1.165) is 29.3 Å². The molecule has 8 heteroatoms. The molecule has 1 heterocycles. The van der Waals surface area contributed by atoms with Crippen molar-refractivity contribution in [3.63, 3.8) is 0 Å². The summed E-state index contributed by atoms with van der Waals surface area (Å²) in [7, 11) is 3.13. The molecule has 2 rings (SSSR count). The van der Waals surface area contributed by atoms with Crippen LogP contribution in [0.15, 0.2) is 16.6 Å². The van der Waals surface area contributed by atoms with Crippen molar-refractivity contribution < 1.29 is 23.8 Å². The SMILES string of the molecule is CCCCCOC(=O)CN1C(=O)CSC1c1cc(OC)c(OC)cc1Br. The average Bonchev–Trinajstić information content (AvgIpc) is 2.99. The van der Waals surface area contributed by atoms with Gasteiger partial charge in [-0.25, -0.2) is 0 Å². The predicted octanol–water partition coefficient (Wildman–Crippen LogP) is 3.77. The predicted molar refractivity (Wildman–Crippen MR) is 105 cm³/mol. The van der Waals surface area contributed by atoms with Crippen LogP contribution in [0.25, 0.3) is 0 Å². The first kappa shape index (κ1) is 20.9. The van der Waals surface area contributed by atoms with E-state index in [1.54, 1.807) is 25.2 Å². The van der Waals surface area contributed by atoms with Crippen LogP contribution in [0.3, 0.4) is 0 Å². The summed E-state index contributed by atoms with van der Waals surface area (Å²) in [6.07, 6.45) is 2.93. The summed E-state index contributed by atoms with van der Waals surface area (Å²) >= 11 is 5.01. The van der Waals surface area contributed by atoms with Crippen molar-refractivity contribution in [2.24, 2.45) is 0 Å². The average molecular weight is 446 g/mol. The van der Waals surface area contributed by atoms with Gasteiger partial charge < -0.3 is 19.1 Å². The standard InChI is InChI=1S/C18H24BrNO5S/c1-4-5-6-7-25-17(22)10-20-16(21)11-26-18(20)12-8-14(23-2)15(24-3)9-13(12)19/h8-9,18H,4-7,10-11H2,1-3H3. The molecule has 0 saturated carbocycles. The van der Waals surface area contributed by atoms with Crippen LogP contribution in [0, 0.1) is 0 Å². The van der Waals surface area contributed by atoms with Crippen LogP contribution in [-0.4, -0.2) is 49.9 Å². The van der Waals surface area contributed by atoms with Crippen LogP contribution in [-0.2, 0) is 14.3 Å². The Balaban J connectivity index is 2.13. The van der Waals surface area contributed by atoms with Crippen LogP contribution in [0.1, 0.15) is 37.1 Å². The number of ether oxygens (including phenoxy) is 3. The Kier molecular flexibility index (Phi) is 8.09. The van der Waals surface area contributed by atoms with E-state index in [1.165, 1.54) is 11.8 Å². The highest BCUT2D eigenvalue weighted by atomic mass is 79.9. The van der Waals surface area contributed by atoms with Gasteiger partial charge in [-0.15, -0.1) is 11.8 Å². The largest absolute Gasteiger partial charge is 0.493 e. The molecule has 1 fully saturated rings. The van der Waals surface area contributed by atoms with Gasteiger partial charge in [-0.3, -0.25) is 9.59 Å². The van der Waals surface area contributed by atoms with E-state index in [4.69, 9.17) is 14.2 Å².